The molecule has 0 saturated carbocycles. The van der Waals surface area contributed by atoms with Gasteiger partial charge in [0.15, 0.2) is 0 Å². The molecule has 1 N–H and O–H groups in total. The van der Waals surface area contributed by atoms with E-state index < -0.39 is 0 Å². The number of nitrogens with one attached hydrogen (secondary N) is 1. The first kappa shape index (κ1) is 18.3. The van der Waals surface area contributed by atoms with Crippen LogP contribution in [-0.2, 0) is 0 Å². The molecule has 2 aromatic rings. The molecular weight excluding hydrogens is 352 g/mol. The van der Waals surface area contributed by atoms with Gasteiger partial charge in [-0.3, -0.25) is 0 Å². The van der Waals surface area contributed by atoms with Crippen molar-refractivity contribution in [1.29, 1.82) is 0 Å². The van der Waals surface area contributed by atoms with Gasteiger partial charge in [0.1, 0.15) is 5.69 Å². The zero-order valence-electron chi connectivity index (χ0n) is 15.0. The van der Waals surface area contributed by atoms with Gasteiger partial charge in [-0.25, -0.2) is 9.78 Å². The molecule has 7 heteroatoms. The first-order valence-corrected chi connectivity index (χ1v) is 9.09. The highest BCUT2D eigenvalue weighted by Gasteiger charge is 2.22. The molecule has 6 nitrogen and oxygen atoms in total. The Kier molecular flexibility index (Phi) is 5.83. The predicted molar refractivity (Wildman–Crippen MR) is 104 cm³/mol. The second kappa shape index (κ2) is 8.27. The van der Waals surface area contributed by atoms with Crippen molar-refractivity contribution < 1.29 is 9.53 Å². The van der Waals surface area contributed by atoms with Crippen LogP contribution in [0.5, 0.6) is 5.88 Å². The van der Waals surface area contributed by atoms with Gasteiger partial charge in [0.05, 0.1) is 6.10 Å². The van der Waals surface area contributed by atoms with Crippen molar-refractivity contribution in [2.75, 3.05) is 36.4 Å². The molecule has 3 rings (SSSR count). The minimum atomic E-state index is -0.141. The molecule has 0 radical (unpaired) electrons. The molecule has 0 bridgehead atoms. The topological polar surface area (TPSA) is 57.7 Å². The number of hydrogen-bond acceptors (Lipinski definition) is 4. The van der Waals surface area contributed by atoms with Gasteiger partial charge in [0, 0.05) is 43.1 Å². The second-order valence-corrected chi connectivity index (χ2v) is 6.84. The summed E-state index contributed by atoms with van der Waals surface area (Å²) in [5.74, 6) is 0.438. The van der Waals surface area contributed by atoms with Crippen molar-refractivity contribution in [3.8, 4) is 5.88 Å². The fourth-order valence-corrected chi connectivity index (χ4v) is 3.02. The number of aromatic nitrogens is 1. The van der Waals surface area contributed by atoms with Gasteiger partial charge in [-0.15, -0.1) is 0 Å². The molecule has 1 aromatic heterocycles. The second-order valence-electron chi connectivity index (χ2n) is 6.41. The monoisotopic (exact) mass is 374 g/mol. The highest BCUT2D eigenvalue weighted by atomic mass is 35.5. The van der Waals surface area contributed by atoms with E-state index in [4.69, 9.17) is 16.3 Å². The largest absolute Gasteiger partial charge is 0.473 e. The number of nitrogens with zero attached hydrogens (tertiary/aromatic N) is 3. The van der Waals surface area contributed by atoms with E-state index in [2.05, 4.69) is 15.2 Å². The van der Waals surface area contributed by atoms with E-state index >= 15 is 0 Å². The number of hydrogen-bond donors (Lipinski definition) is 1. The lowest BCUT2D eigenvalue weighted by molar-refractivity contribution is 0.207. The number of anilines is 2. The van der Waals surface area contributed by atoms with Crippen molar-refractivity contribution in [1.82, 2.24) is 9.88 Å². The number of benzene rings is 1. The van der Waals surface area contributed by atoms with Crippen molar-refractivity contribution in [3.05, 3.63) is 47.6 Å². The van der Waals surface area contributed by atoms with E-state index in [0.717, 1.165) is 23.8 Å². The lowest BCUT2D eigenvalue weighted by atomic mass is 10.2. The van der Waals surface area contributed by atoms with Gasteiger partial charge >= 0.3 is 6.03 Å². The number of rotatable bonds is 4. The average Bonchev–Trinajstić information content (AvgIpc) is 2.63. The first-order chi connectivity index (χ1) is 12.5. The standard InChI is InChI=1S/C19H23ClN4O2/c1-14(2)26-18-17(7-4-8-21-18)22-19(25)24-11-9-23(10-12-24)16-6-3-5-15(20)13-16/h3-8,13-14H,9-12H2,1-2H3,(H,22,25). The molecule has 1 fully saturated rings. The maximum absolute atomic E-state index is 12.6. The summed E-state index contributed by atoms with van der Waals surface area (Å²) in [5.41, 5.74) is 1.67. The summed E-state index contributed by atoms with van der Waals surface area (Å²) >= 11 is 6.07. The van der Waals surface area contributed by atoms with Crippen molar-refractivity contribution in [3.63, 3.8) is 0 Å². The molecule has 1 aliphatic heterocycles. The highest BCUT2D eigenvalue weighted by molar-refractivity contribution is 6.30. The maximum Gasteiger partial charge on any atom is 0.322 e. The summed E-state index contributed by atoms with van der Waals surface area (Å²) in [6.07, 6.45) is 1.64. The summed E-state index contributed by atoms with van der Waals surface area (Å²) in [4.78, 5) is 20.8. The molecule has 1 aliphatic rings. The fraction of sp³-hybridized carbons (Fsp3) is 0.368. The Balaban J connectivity index is 1.59. The molecule has 0 aliphatic carbocycles. The third-order valence-electron chi connectivity index (χ3n) is 4.10. The molecule has 0 spiro atoms. The van der Waals surface area contributed by atoms with E-state index in [0.29, 0.717) is 24.7 Å². The normalized spacial score (nSPS) is 14.5. The van der Waals surface area contributed by atoms with Gasteiger partial charge in [-0.2, -0.15) is 0 Å². The minimum absolute atomic E-state index is 0.0122. The molecular formula is C19H23ClN4O2. The number of halogens is 1. The molecule has 0 atom stereocenters. The quantitative estimate of drug-likeness (QED) is 0.882. The number of ether oxygens (including phenoxy) is 1. The molecule has 138 valence electrons. The van der Waals surface area contributed by atoms with Gasteiger partial charge in [0.2, 0.25) is 5.88 Å². The van der Waals surface area contributed by atoms with Crippen molar-refractivity contribution in [2.24, 2.45) is 0 Å². The van der Waals surface area contributed by atoms with Crippen LogP contribution in [-0.4, -0.2) is 48.2 Å². The van der Waals surface area contributed by atoms with E-state index in [-0.39, 0.29) is 12.1 Å². The molecule has 1 aromatic carbocycles. The van der Waals surface area contributed by atoms with Crippen molar-refractivity contribution in [2.45, 2.75) is 20.0 Å². The van der Waals surface area contributed by atoms with Crippen LogP contribution in [0.15, 0.2) is 42.6 Å². The lowest BCUT2D eigenvalue weighted by Gasteiger charge is -2.36. The minimum Gasteiger partial charge on any atom is -0.473 e. The summed E-state index contributed by atoms with van der Waals surface area (Å²) in [6, 6.07) is 11.2. The Morgan fingerprint density at radius 2 is 1.96 bits per heavy atom. The summed E-state index contributed by atoms with van der Waals surface area (Å²) < 4.78 is 5.65. The molecule has 1 saturated heterocycles. The predicted octanol–water partition coefficient (Wildman–Crippen LogP) is 3.88. The molecule has 2 heterocycles. The van der Waals surface area contributed by atoms with Crippen LogP contribution in [0.2, 0.25) is 5.02 Å². The number of amides is 2. The highest BCUT2D eigenvalue weighted by Crippen LogP contribution is 2.23. The van der Waals surface area contributed by atoms with Gasteiger partial charge in [-0.05, 0) is 44.2 Å². The van der Waals surface area contributed by atoms with Crippen LogP contribution in [0.25, 0.3) is 0 Å². The van der Waals surface area contributed by atoms with E-state index in [1.807, 2.05) is 38.1 Å². The summed E-state index contributed by atoms with van der Waals surface area (Å²) in [7, 11) is 0. The van der Waals surface area contributed by atoms with Crippen LogP contribution < -0.4 is 15.0 Å². The number of carbonyl (C=O) groups is 1. The number of piperazine rings is 1. The zero-order valence-corrected chi connectivity index (χ0v) is 15.7. The third-order valence-corrected chi connectivity index (χ3v) is 4.34. The Labute approximate surface area is 158 Å². The van der Waals surface area contributed by atoms with Crippen LogP contribution in [0.3, 0.4) is 0 Å². The lowest BCUT2D eigenvalue weighted by Crippen LogP contribution is -2.50. The Morgan fingerprint density at radius 1 is 1.19 bits per heavy atom. The van der Waals surface area contributed by atoms with Gasteiger partial charge < -0.3 is 19.9 Å². The number of carbonyl (C=O) groups excluding carboxylic acids is 1. The van der Waals surface area contributed by atoms with E-state index in [1.54, 1.807) is 23.2 Å². The molecule has 2 amide bonds. The van der Waals surface area contributed by atoms with Crippen LogP contribution >= 0.6 is 11.6 Å². The number of pyridine rings is 1. The number of urea groups is 1. The van der Waals surface area contributed by atoms with Gasteiger partial charge in [0.25, 0.3) is 0 Å². The van der Waals surface area contributed by atoms with Crippen LogP contribution in [0.4, 0.5) is 16.2 Å². The van der Waals surface area contributed by atoms with Crippen LogP contribution in [0, 0.1) is 0 Å². The third kappa shape index (κ3) is 4.58. The maximum atomic E-state index is 12.6. The Bertz CT molecular complexity index is 761. The summed E-state index contributed by atoms with van der Waals surface area (Å²) in [5, 5.41) is 3.63. The first-order valence-electron chi connectivity index (χ1n) is 8.71. The smallest absolute Gasteiger partial charge is 0.322 e. The van der Waals surface area contributed by atoms with E-state index in [1.165, 1.54) is 0 Å². The van der Waals surface area contributed by atoms with Crippen molar-refractivity contribution >= 4 is 29.0 Å². The Hall–Kier alpha value is -2.47. The molecule has 0 unspecified atom stereocenters. The van der Waals surface area contributed by atoms with Gasteiger partial charge in [-0.1, -0.05) is 17.7 Å². The molecule has 26 heavy (non-hydrogen) atoms. The SMILES string of the molecule is CC(C)Oc1ncccc1NC(=O)N1CCN(c2cccc(Cl)c2)CC1. The van der Waals surface area contributed by atoms with Crippen LogP contribution in [0.1, 0.15) is 13.8 Å². The fourth-order valence-electron chi connectivity index (χ4n) is 2.84. The summed E-state index contributed by atoms with van der Waals surface area (Å²) in [6.45, 7) is 6.65. The van der Waals surface area contributed by atoms with E-state index in [9.17, 15) is 4.79 Å². The zero-order chi connectivity index (χ0) is 18.5. The Morgan fingerprint density at radius 3 is 2.65 bits per heavy atom. The average molecular weight is 375 g/mol.